The second-order valence-electron chi connectivity index (χ2n) is 30.0. The summed E-state index contributed by atoms with van der Waals surface area (Å²) in [6, 6.07) is 93.5. The molecule has 132 heavy (non-hydrogen) atoms. The third kappa shape index (κ3) is 22.7. The fourth-order valence-electron chi connectivity index (χ4n) is 14.1. The first-order valence-corrected chi connectivity index (χ1v) is 42.1. The Hall–Kier alpha value is -17.9. The zero-order valence-corrected chi connectivity index (χ0v) is 71.7. The van der Waals surface area contributed by atoms with Gasteiger partial charge < -0.3 is 20.3 Å². The van der Waals surface area contributed by atoms with Crippen LogP contribution in [0.25, 0.3) is 33.5 Å². The second-order valence-corrected chi connectivity index (χ2v) is 30.0. The van der Waals surface area contributed by atoms with Crippen molar-refractivity contribution in [2.75, 3.05) is 80.3 Å². The normalized spacial score (nSPS) is 12.5. The minimum Gasteiger partial charge on any atom is -0.378 e. The van der Waals surface area contributed by atoms with Crippen LogP contribution in [-0.4, -0.2) is 139 Å². The van der Waals surface area contributed by atoms with Gasteiger partial charge in [0.15, 0.2) is 10.8 Å². The number of fused-ring (bicyclic) bond motifs is 1. The fraction of sp³-hybridized carbons (Fsp3) is 0.121. The van der Waals surface area contributed by atoms with Crippen molar-refractivity contribution in [2.45, 2.75) is 46.1 Å². The molecule has 656 valence electrons. The van der Waals surface area contributed by atoms with E-state index in [2.05, 4.69) is 127 Å². The van der Waals surface area contributed by atoms with Gasteiger partial charge in [-0.25, -0.2) is 0 Å². The Morgan fingerprint density at radius 2 is 0.780 bits per heavy atom. The van der Waals surface area contributed by atoms with E-state index in [1.54, 1.807) is 89.6 Å². The third-order valence-corrected chi connectivity index (χ3v) is 21.0. The number of piperidine rings is 1. The van der Waals surface area contributed by atoms with Crippen LogP contribution in [-0.2, 0) is 9.53 Å². The van der Waals surface area contributed by atoms with Crippen LogP contribution in [0.2, 0.25) is 0 Å². The lowest BCUT2D eigenvalue weighted by atomic mass is 10.0. The first-order chi connectivity index (χ1) is 64.4. The molecule has 33 heteroatoms. The smallest absolute Gasteiger partial charge is 0.258 e. The van der Waals surface area contributed by atoms with Gasteiger partial charge >= 0.3 is 0 Å². The molecule has 7 amide bonds. The maximum Gasteiger partial charge on any atom is 0.258 e. The molecule has 1 unspecified atom stereocenters. The van der Waals surface area contributed by atoms with Gasteiger partial charge in [0.05, 0.1) is 42.0 Å². The summed E-state index contributed by atoms with van der Waals surface area (Å²) >= 11 is 0. The summed E-state index contributed by atoms with van der Waals surface area (Å²) in [4.78, 5) is 112. The topological polar surface area (TPSA) is 413 Å². The van der Waals surface area contributed by atoms with Gasteiger partial charge in [-0.3, -0.25) is 70.8 Å². The molecule has 0 saturated carbocycles. The highest BCUT2D eigenvalue weighted by molar-refractivity contribution is 6.08. The Bertz CT molecular complexity index is 6880. The highest BCUT2D eigenvalue weighted by Crippen LogP contribution is 2.30. The number of benzene rings is 12. The first kappa shape index (κ1) is 89.0. The molecule has 0 radical (unpaired) electrons. The molecule has 2 aliphatic heterocycles. The largest absolute Gasteiger partial charge is 0.378 e. The van der Waals surface area contributed by atoms with Crippen molar-refractivity contribution in [3.8, 4) is 35.1 Å². The molecule has 10 N–H and O–H groups in total. The van der Waals surface area contributed by atoms with Crippen LogP contribution in [0.15, 0.2) is 314 Å². The molecule has 2 aliphatic rings. The van der Waals surface area contributed by atoms with Crippen LogP contribution < -0.4 is 57.7 Å². The molecule has 18 rings (SSSR count). The number of hydrogen-bond donors (Lipinski definition) is 10. The van der Waals surface area contributed by atoms with E-state index in [9.17, 15) is 33.6 Å². The summed E-state index contributed by atoms with van der Waals surface area (Å²) in [5.41, 5.74) is 18.1. The van der Waals surface area contributed by atoms with E-state index in [1.807, 2.05) is 215 Å². The number of morpholine rings is 1. The van der Waals surface area contributed by atoms with Gasteiger partial charge in [-0.1, -0.05) is 176 Å². The Balaban J connectivity index is 0.000000135. The lowest BCUT2D eigenvalue weighted by molar-refractivity contribution is -0.118. The Morgan fingerprint density at radius 1 is 0.402 bits per heavy atom. The molecular formula is C99H88N25O8+. The van der Waals surface area contributed by atoms with Gasteiger partial charge in [0.2, 0.25) is 34.6 Å². The van der Waals surface area contributed by atoms with Gasteiger partial charge in [0, 0.05) is 68.8 Å². The summed E-state index contributed by atoms with van der Waals surface area (Å²) in [7, 11) is 0. The molecule has 33 nitrogen and oxygen atoms in total. The van der Waals surface area contributed by atoms with E-state index in [4.69, 9.17) is 16.7 Å². The lowest BCUT2D eigenvalue weighted by Crippen LogP contribution is -2.43. The Morgan fingerprint density at radius 3 is 1.25 bits per heavy atom. The van der Waals surface area contributed by atoms with Crippen molar-refractivity contribution in [1.29, 1.82) is 5.53 Å². The highest BCUT2D eigenvalue weighted by atomic mass is 16.5. The summed E-state index contributed by atoms with van der Waals surface area (Å²) in [5, 5.41) is 49.5. The molecule has 0 bridgehead atoms. The quantitative estimate of drug-likeness (QED) is 0.0171. The molecule has 1 atom stereocenters. The van der Waals surface area contributed by atoms with Gasteiger partial charge in [0.1, 0.15) is 5.53 Å². The lowest BCUT2D eigenvalue weighted by Gasteiger charge is -2.28. The van der Waals surface area contributed by atoms with E-state index >= 15 is 0 Å². The van der Waals surface area contributed by atoms with Crippen molar-refractivity contribution in [2.24, 2.45) is 5.11 Å². The number of rotatable bonds is 22. The number of nitrogens with zero attached hydrogens (tertiary/aromatic N) is 15. The molecule has 12 aromatic carbocycles. The average Bonchev–Trinajstić information content (AvgIpc) is 1.63. The molecule has 2 fully saturated rings. The summed E-state index contributed by atoms with van der Waals surface area (Å²) < 4.78 is 11.6. The SMILES string of the molecule is C#Cc1ccc(C(=O)Nc2nc(NC(=O)c3ccc(N=[N+]=N)cc3)nn2-c2ccccc2)cc1.Cc1ccccc1C(=O)Nc1nc(NC(=O)C2CCCCN2)nn1-c1ccccc1.Cc1ccccc1C(=O)Nc1nc(NC(=O)c2ccccc2C)n(-c2ccc(N3CCOCC3)cc2)n1.O=C(Nc1nc(Nc2cccc3ccccc23)n(-c2ccccc2)n1)c1ccccc1. The van der Waals surface area contributed by atoms with E-state index in [0.717, 1.165) is 89.1 Å². The standard InChI is InChI=1S/C28H28N6O3.C25H19N5O.C24H16N8O2.C22H24N6O2/c1-19-7-3-5-9-23(19)25(35)29-27-31-28(30-26(36)24-10-6-4-8-20(24)2)34(32-27)22-13-11-21(12-14-22)33-15-17-37-18-16-33;31-23(19-11-3-1-4-12-19)27-24-28-25(30(29-24)20-14-5-2-6-15-20)26-22-17-9-13-18-10-7-8-16-21(18)22;1-2-16-8-10-17(11-9-16)22(34)27-24-28-23(30-32(24)20-6-4-3-5-7-20)26-21(33)18-12-14-19(15-13-18)29-31-25;1-15-9-5-6-12-17(15)19(29)25-22-26-21(24-20(30)18-13-7-8-14-23-18)27-28(22)16-10-3-2-4-11-16/h3-14H,15-18H2,1-2H3,(H2,29,30,31,32,35,36);1-17H,(H2,26,27,28,29,31);1,3-15H,(H2-,25,26,27,28,29,30,33,34);2-6,9-12,18,23H,7-8,13-14H2,1H3,(H2,24,25,26,27,29,30)/p+1. The first-order valence-electron chi connectivity index (χ1n) is 42.1. The zero-order chi connectivity index (χ0) is 91.7. The Kier molecular flexibility index (Phi) is 28.9. The van der Waals surface area contributed by atoms with E-state index < -0.39 is 11.8 Å². The third-order valence-electron chi connectivity index (χ3n) is 21.0. The molecule has 16 aromatic rings. The van der Waals surface area contributed by atoms with Gasteiger partial charge in [-0.05, 0) is 208 Å². The van der Waals surface area contributed by atoms with Gasteiger partial charge in [-0.15, -0.1) is 26.8 Å². The highest BCUT2D eigenvalue weighted by Gasteiger charge is 2.27. The number of hydrogen-bond acceptors (Lipinski definition) is 21. The van der Waals surface area contributed by atoms with Crippen LogP contribution in [0.3, 0.4) is 0 Å². The molecule has 2 saturated heterocycles. The predicted molar refractivity (Wildman–Crippen MR) is 505 cm³/mol. The van der Waals surface area contributed by atoms with E-state index in [1.165, 1.54) is 26.2 Å². The number of anilines is 10. The second kappa shape index (κ2) is 42.9. The molecular weight excluding hydrogens is 1670 g/mol. The van der Waals surface area contributed by atoms with Crippen LogP contribution >= 0.6 is 0 Å². The van der Waals surface area contributed by atoms with Gasteiger partial charge in [-0.2, -0.15) is 38.7 Å². The van der Waals surface area contributed by atoms with Gasteiger partial charge in [0.25, 0.3) is 59.2 Å². The number of aromatic nitrogens is 12. The summed E-state index contributed by atoms with van der Waals surface area (Å²) in [6.07, 6.45) is 8.22. The number of nitrogens with one attached hydrogen (secondary N) is 10. The van der Waals surface area contributed by atoms with Crippen molar-refractivity contribution in [1.82, 2.24) is 69.3 Å². The van der Waals surface area contributed by atoms with Crippen LogP contribution in [0.1, 0.15) is 104 Å². The van der Waals surface area contributed by atoms with E-state index in [0.29, 0.717) is 75.2 Å². The summed E-state index contributed by atoms with van der Waals surface area (Å²) in [6.45, 7) is 9.49. The number of amides is 7. The average molecular weight is 1760 g/mol. The number of para-hydroxylation sites is 3. The predicted octanol–water partition coefficient (Wildman–Crippen LogP) is 16.5. The van der Waals surface area contributed by atoms with Crippen molar-refractivity contribution in [3.63, 3.8) is 0 Å². The van der Waals surface area contributed by atoms with Crippen molar-refractivity contribution >= 4 is 117 Å². The van der Waals surface area contributed by atoms with Crippen LogP contribution in [0, 0.1) is 38.6 Å². The van der Waals surface area contributed by atoms with E-state index in [-0.39, 0.29) is 77.2 Å². The Labute approximate surface area is 757 Å². The minimum absolute atomic E-state index is 0.00162. The minimum atomic E-state index is -0.456. The van der Waals surface area contributed by atoms with Crippen LogP contribution in [0.4, 0.5) is 64.6 Å². The number of carbonyl (C=O) groups excluding carboxylic acids is 7. The fourth-order valence-corrected chi connectivity index (χ4v) is 14.1. The van der Waals surface area contributed by atoms with Crippen molar-refractivity contribution < 1.29 is 38.3 Å². The molecule has 6 heterocycles. The maximum absolute atomic E-state index is 13.1. The maximum atomic E-state index is 13.1. The summed E-state index contributed by atoms with van der Waals surface area (Å²) in [5.74, 6) is 1.81. The van der Waals surface area contributed by atoms with Crippen LogP contribution in [0.5, 0.6) is 0 Å². The number of ether oxygens (including phenoxy) is 1. The molecule has 4 aromatic heterocycles. The monoisotopic (exact) mass is 1750 g/mol. The zero-order valence-electron chi connectivity index (χ0n) is 71.7. The van der Waals surface area contributed by atoms with Crippen molar-refractivity contribution in [3.05, 3.63) is 365 Å². The number of carbonyl (C=O) groups is 7. The molecule has 0 aliphatic carbocycles. The number of terminal acetylenes is 1. The molecule has 0 spiro atoms. The number of aryl methyl sites for hydroxylation is 3.